The Kier molecular flexibility index (Phi) is 11.5. The van der Waals surface area contributed by atoms with Gasteiger partial charge in [0, 0.05) is 0 Å². The van der Waals surface area contributed by atoms with Gasteiger partial charge in [0.15, 0.2) is 0 Å². The molecule has 122 valence electrons. The first-order valence-corrected chi connectivity index (χ1v) is 9.93. The van der Waals surface area contributed by atoms with Crippen molar-refractivity contribution in [3.8, 4) is 0 Å². The van der Waals surface area contributed by atoms with E-state index in [0.717, 1.165) is 51.4 Å². The Hall–Kier alpha value is -0.0900. The smallest absolute Gasteiger partial charge is 0.267 e. The van der Waals surface area contributed by atoms with Crippen LogP contribution >= 0.6 is 0 Å². The average Bonchev–Trinajstić information content (AvgIpc) is 2.43. The van der Waals surface area contributed by atoms with Gasteiger partial charge in [0.2, 0.25) is 0 Å². The van der Waals surface area contributed by atoms with Gasteiger partial charge in [0.05, 0.1) is 12.4 Å². The van der Waals surface area contributed by atoms with Crippen molar-refractivity contribution in [2.24, 2.45) is 11.8 Å². The van der Waals surface area contributed by atoms with Gasteiger partial charge in [-0.3, -0.25) is 4.18 Å². The Labute approximate surface area is 126 Å². The predicted octanol–water partition coefficient (Wildman–Crippen LogP) is 4.77. The molecule has 20 heavy (non-hydrogen) atoms. The van der Waals surface area contributed by atoms with E-state index in [1.807, 2.05) is 0 Å². The molecule has 0 rings (SSSR count). The van der Waals surface area contributed by atoms with Crippen LogP contribution in [0.15, 0.2) is 0 Å². The summed E-state index contributed by atoms with van der Waals surface area (Å²) in [5.74, 6) is 0.810. The Balaban J connectivity index is 4.21. The van der Waals surface area contributed by atoms with Crippen molar-refractivity contribution in [1.29, 1.82) is 0 Å². The van der Waals surface area contributed by atoms with Gasteiger partial charge in [0.25, 0.3) is 10.1 Å². The lowest BCUT2D eigenvalue weighted by Crippen LogP contribution is -2.21. The minimum Gasteiger partial charge on any atom is -0.270 e. The lowest BCUT2D eigenvalue weighted by atomic mass is 10.0. The highest BCUT2D eigenvalue weighted by Gasteiger charge is 2.20. The molecular weight excluding hydrogens is 272 g/mol. The van der Waals surface area contributed by atoms with E-state index in [-0.39, 0.29) is 11.7 Å². The van der Waals surface area contributed by atoms with Gasteiger partial charge in [-0.05, 0) is 24.7 Å². The third-order valence-corrected chi connectivity index (χ3v) is 5.38. The average molecular weight is 307 g/mol. The molecule has 0 fully saturated rings. The highest BCUT2D eigenvalue weighted by Crippen LogP contribution is 2.18. The molecule has 0 aliphatic heterocycles. The summed E-state index contributed by atoms with van der Waals surface area (Å²) in [5, 5.41) is 0. The summed E-state index contributed by atoms with van der Waals surface area (Å²) >= 11 is 0. The topological polar surface area (TPSA) is 43.4 Å². The third-order valence-electron chi connectivity index (χ3n) is 4.01. The molecule has 0 heterocycles. The van der Waals surface area contributed by atoms with Crippen molar-refractivity contribution < 1.29 is 12.6 Å². The molecule has 4 heteroatoms. The minimum atomic E-state index is -3.35. The van der Waals surface area contributed by atoms with Crippen molar-refractivity contribution in [1.82, 2.24) is 0 Å². The SMILES string of the molecule is CCCCC(CC)COS(=O)(=O)CC(CC)CCCC. The Bertz CT molecular complexity index is 312. The van der Waals surface area contributed by atoms with E-state index in [1.165, 1.54) is 0 Å². The van der Waals surface area contributed by atoms with Crippen LogP contribution in [0, 0.1) is 11.8 Å². The lowest BCUT2D eigenvalue weighted by molar-refractivity contribution is 0.236. The maximum atomic E-state index is 12.0. The van der Waals surface area contributed by atoms with E-state index in [4.69, 9.17) is 4.18 Å². The molecule has 0 saturated heterocycles. The monoisotopic (exact) mass is 306 g/mol. The molecule has 0 spiro atoms. The zero-order chi connectivity index (χ0) is 15.4. The first-order chi connectivity index (χ1) is 9.49. The molecule has 0 radical (unpaired) electrons. The standard InChI is InChI=1S/C16H34O3S/c1-5-9-11-15(7-3)13-19-20(17,18)14-16(8-4)12-10-6-2/h15-16H,5-14H2,1-4H3. The molecule has 0 aliphatic carbocycles. The highest BCUT2D eigenvalue weighted by molar-refractivity contribution is 7.86. The van der Waals surface area contributed by atoms with Gasteiger partial charge in [-0.25, -0.2) is 0 Å². The van der Waals surface area contributed by atoms with Crippen LogP contribution in [0.25, 0.3) is 0 Å². The van der Waals surface area contributed by atoms with Crippen LogP contribution in [0.3, 0.4) is 0 Å². The van der Waals surface area contributed by atoms with E-state index >= 15 is 0 Å². The van der Waals surface area contributed by atoms with Crippen LogP contribution in [-0.4, -0.2) is 20.8 Å². The van der Waals surface area contributed by atoms with Gasteiger partial charge >= 0.3 is 0 Å². The summed E-state index contributed by atoms with van der Waals surface area (Å²) in [4.78, 5) is 0. The molecule has 0 aliphatic rings. The third kappa shape index (κ3) is 9.76. The van der Waals surface area contributed by atoms with Crippen LogP contribution in [0.1, 0.15) is 79.1 Å². The fourth-order valence-corrected chi connectivity index (χ4v) is 3.81. The van der Waals surface area contributed by atoms with Gasteiger partial charge in [-0.15, -0.1) is 0 Å². The fourth-order valence-electron chi connectivity index (χ4n) is 2.33. The second kappa shape index (κ2) is 11.6. The largest absolute Gasteiger partial charge is 0.270 e. The van der Waals surface area contributed by atoms with Gasteiger partial charge < -0.3 is 0 Å². The molecule has 0 bridgehead atoms. The van der Waals surface area contributed by atoms with Gasteiger partial charge in [0.1, 0.15) is 0 Å². The van der Waals surface area contributed by atoms with Crippen LogP contribution in [0.4, 0.5) is 0 Å². The van der Waals surface area contributed by atoms with Crippen LogP contribution in [-0.2, 0) is 14.3 Å². The zero-order valence-corrected chi connectivity index (χ0v) is 14.7. The first kappa shape index (κ1) is 19.9. The van der Waals surface area contributed by atoms with E-state index in [2.05, 4.69) is 27.7 Å². The first-order valence-electron chi connectivity index (χ1n) is 8.36. The number of hydrogen-bond donors (Lipinski definition) is 0. The Morgan fingerprint density at radius 2 is 1.35 bits per heavy atom. The summed E-state index contributed by atoms with van der Waals surface area (Å²) in [6.07, 6.45) is 8.47. The lowest BCUT2D eigenvalue weighted by Gasteiger charge is -2.17. The van der Waals surface area contributed by atoms with Crippen molar-refractivity contribution >= 4 is 10.1 Å². The fraction of sp³-hybridized carbons (Fsp3) is 1.00. The van der Waals surface area contributed by atoms with Crippen LogP contribution in [0.2, 0.25) is 0 Å². The van der Waals surface area contributed by atoms with Crippen molar-refractivity contribution in [3.05, 3.63) is 0 Å². The molecule has 0 aromatic rings. The Morgan fingerprint density at radius 1 is 0.850 bits per heavy atom. The van der Waals surface area contributed by atoms with Crippen LogP contribution in [0.5, 0.6) is 0 Å². The van der Waals surface area contributed by atoms with Crippen molar-refractivity contribution in [3.63, 3.8) is 0 Å². The molecule has 0 aromatic heterocycles. The quantitative estimate of drug-likeness (QED) is 0.460. The van der Waals surface area contributed by atoms with E-state index in [1.54, 1.807) is 0 Å². The summed E-state index contributed by atoms with van der Waals surface area (Å²) < 4.78 is 29.3. The summed E-state index contributed by atoms with van der Waals surface area (Å²) in [6, 6.07) is 0. The zero-order valence-electron chi connectivity index (χ0n) is 13.9. The van der Waals surface area contributed by atoms with E-state index in [9.17, 15) is 8.42 Å². The second-order valence-electron chi connectivity index (χ2n) is 5.84. The van der Waals surface area contributed by atoms with Crippen LogP contribution < -0.4 is 0 Å². The molecule has 3 nitrogen and oxygen atoms in total. The van der Waals surface area contributed by atoms with Crippen molar-refractivity contribution in [2.45, 2.75) is 79.1 Å². The Morgan fingerprint density at radius 3 is 1.80 bits per heavy atom. The maximum Gasteiger partial charge on any atom is 0.267 e. The second-order valence-corrected chi connectivity index (χ2v) is 7.53. The summed E-state index contributed by atoms with van der Waals surface area (Å²) in [5.41, 5.74) is 0. The molecule has 0 N–H and O–H groups in total. The predicted molar refractivity (Wildman–Crippen MR) is 86.4 cm³/mol. The van der Waals surface area contributed by atoms with Gasteiger partial charge in [-0.1, -0.05) is 66.2 Å². The molecule has 0 aromatic carbocycles. The molecular formula is C16H34O3S. The molecule has 0 amide bonds. The number of hydrogen-bond acceptors (Lipinski definition) is 3. The summed E-state index contributed by atoms with van der Waals surface area (Å²) in [7, 11) is -3.35. The maximum absolute atomic E-state index is 12.0. The molecule has 2 unspecified atom stereocenters. The normalized spacial score (nSPS) is 15.2. The van der Waals surface area contributed by atoms with E-state index in [0.29, 0.717) is 12.5 Å². The highest BCUT2D eigenvalue weighted by atomic mass is 32.2. The van der Waals surface area contributed by atoms with E-state index < -0.39 is 10.1 Å². The number of rotatable bonds is 13. The number of unbranched alkanes of at least 4 members (excludes halogenated alkanes) is 2. The minimum absolute atomic E-state index is 0.188. The van der Waals surface area contributed by atoms with Gasteiger partial charge in [-0.2, -0.15) is 8.42 Å². The molecule has 0 saturated carbocycles. The van der Waals surface area contributed by atoms with Crippen molar-refractivity contribution in [2.75, 3.05) is 12.4 Å². The summed E-state index contributed by atoms with van der Waals surface area (Å²) in [6.45, 7) is 8.82. The molecule has 2 atom stereocenters.